The van der Waals surface area contributed by atoms with Crippen molar-refractivity contribution >= 4 is 0 Å². The molecule has 8 heteroatoms. The average Bonchev–Trinajstić information content (AvgIpc) is 2.78. The van der Waals surface area contributed by atoms with Crippen molar-refractivity contribution < 1.29 is 23.0 Å². The van der Waals surface area contributed by atoms with Crippen molar-refractivity contribution in [3.63, 3.8) is 0 Å². The highest BCUT2D eigenvalue weighted by molar-refractivity contribution is 5.57. The zero-order chi connectivity index (χ0) is 15.8. The maximum absolute atomic E-state index is 12.9. The Morgan fingerprint density at radius 2 is 2.05 bits per heavy atom. The van der Waals surface area contributed by atoms with Crippen LogP contribution in [-0.4, -0.2) is 22.0 Å². The quantitative estimate of drug-likeness (QED) is 0.925. The molecule has 1 N–H and O–H groups in total. The van der Waals surface area contributed by atoms with Crippen LogP contribution in [0.4, 0.5) is 13.2 Å². The van der Waals surface area contributed by atoms with Crippen LogP contribution in [0.15, 0.2) is 18.3 Å². The number of aryl methyl sites for hydroxylation is 1. The summed E-state index contributed by atoms with van der Waals surface area (Å²) in [6.45, 7) is 1.65. The van der Waals surface area contributed by atoms with Gasteiger partial charge in [-0.3, -0.25) is 0 Å². The molecular weight excluding hydrogens is 287 g/mol. The molecule has 1 aromatic carbocycles. The summed E-state index contributed by atoms with van der Waals surface area (Å²) in [4.78, 5) is 0. The van der Waals surface area contributed by atoms with Gasteiger partial charge >= 0.3 is 6.18 Å². The van der Waals surface area contributed by atoms with Crippen molar-refractivity contribution in [2.45, 2.75) is 13.1 Å². The number of rotatable bonds is 2. The van der Waals surface area contributed by atoms with E-state index in [0.717, 1.165) is 10.7 Å². The van der Waals surface area contributed by atoms with Crippen LogP contribution in [0.5, 0.6) is 11.6 Å². The lowest BCUT2D eigenvalue weighted by molar-refractivity contribution is -0.138. The molecule has 5 nitrogen and oxygen atoms in total. The first-order valence-corrected chi connectivity index (χ1v) is 5.73. The van der Waals surface area contributed by atoms with Gasteiger partial charge in [-0.15, -0.1) is 5.10 Å². The number of phenols is 1. The summed E-state index contributed by atoms with van der Waals surface area (Å²) in [6.07, 6.45) is -3.38. The molecule has 0 radical (unpaired) electrons. The molecule has 0 saturated heterocycles. The second-order valence-electron chi connectivity index (χ2n) is 4.27. The predicted molar refractivity (Wildman–Crippen MR) is 66.2 cm³/mol. The Balaban J connectivity index is 2.71. The summed E-state index contributed by atoms with van der Waals surface area (Å²) in [5, 5.41) is 22.6. The van der Waals surface area contributed by atoms with Gasteiger partial charge in [0.1, 0.15) is 11.3 Å². The summed E-state index contributed by atoms with van der Waals surface area (Å²) in [6, 6.07) is 3.34. The van der Waals surface area contributed by atoms with Gasteiger partial charge in [0.25, 0.3) is 0 Å². The molecule has 0 aliphatic heterocycles. The van der Waals surface area contributed by atoms with Gasteiger partial charge < -0.3 is 9.84 Å². The van der Waals surface area contributed by atoms with Gasteiger partial charge in [-0.1, -0.05) is 0 Å². The molecule has 110 valence electrons. The van der Waals surface area contributed by atoms with Gasteiger partial charge in [0.15, 0.2) is 5.75 Å². The number of phenolic OH excluding ortho intramolecular Hbond substituents is 1. The molecule has 0 atom stereocenters. The highest BCUT2D eigenvalue weighted by atomic mass is 19.4. The van der Waals surface area contributed by atoms with Crippen molar-refractivity contribution in [1.82, 2.24) is 9.78 Å². The van der Waals surface area contributed by atoms with Gasteiger partial charge in [0.2, 0.25) is 5.88 Å². The Bertz CT molecular complexity index is 729. The van der Waals surface area contributed by atoms with E-state index >= 15 is 0 Å². The molecule has 0 aliphatic rings. The van der Waals surface area contributed by atoms with E-state index in [1.165, 1.54) is 13.3 Å². The van der Waals surface area contributed by atoms with E-state index in [2.05, 4.69) is 5.10 Å². The van der Waals surface area contributed by atoms with Crippen molar-refractivity contribution in [2.75, 3.05) is 7.11 Å². The molecule has 2 rings (SSSR count). The number of halogens is 3. The van der Waals surface area contributed by atoms with Gasteiger partial charge in [-0.05, 0) is 19.1 Å². The molecule has 0 unspecified atom stereocenters. The first-order valence-electron chi connectivity index (χ1n) is 5.73. The summed E-state index contributed by atoms with van der Waals surface area (Å²) >= 11 is 0. The summed E-state index contributed by atoms with van der Waals surface area (Å²) in [5.74, 6) is -0.781. The van der Waals surface area contributed by atoms with E-state index in [0.29, 0.717) is 11.6 Å². The molecule has 1 aromatic heterocycles. The lowest BCUT2D eigenvalue weighted by atomic mass is 10.1. The molecule has 21 heavy (non-hydrogen) atoms. The highest BCUT2D eigenvalue weighted by Gasteiger charge is 2.36. The molecular formula is C13H10F3N3O2. The Hall–Kier alpha value is -2.69. The van der Waals surface area contributed by atoms with E-state index in [9.17, 15) is 18.3 Å². The lowest BCUT2D eigenvalue weighted by Crippen LogP contribution is -2.08. The third-order valence-corrected chi connectivity index (χ3v) is 2.82. The van der Waals surface area contributed by atoms with Gasteiger partial charge in [-0.25, -0.2) is 4.68 Å². The molecule has 2 aromatic rings. The topological polar surface area (TPSA) is 71.1 Å². The van der Waals surface area contributed by atoms with Crippen LogP contribution in [0.3, 0.4) is 0 Å². The first kappa shape index (κ1) is 14.7. The SMILES string of the molecule is COc1nn(-c2cc(C#N)cc(C(F)(F)F)c2O)cc1C. The lowest BCUT2D eigenvalue weighted by Gasteiger charge is -2.13. The fraction of sp³-hybridized carbons (Fsp3) is 0.231. The average molecular weight is 297 g/mol. The Morgan fingerprint density at radius 3 is 2.52 bits per heavy atom. The van der Waals surface area contributed by atoms with E-state index in [1.807, 2.05) is 0 Å². The van der Waals surface area contributed by atoms with Crippen molar-refractivity contribution in [3.8, 4) is 23.4 Å². The summed E-state index contributed by atoms with van der Waals surface area (Å²) < 4.78 is 44.6. The van der Waals surface area contributed by atoms with Crippen LogP contribution in [0, 0.1) is 18.3 Å². The smallest absolute Gasteiger partial charge is 0.420 e. The van der Waals surface area contributed by atoms with Gasteiger partial charge in [-0.2, -0.15) is 18.4 Å². The Kier molecular flexibility index (Phi) is 3.51. The van der Waals surface area contributed by atoms with Crippen LogP contribution < -0.4 is 4.74 Å². The largest absolute Gasteiger partial charge is 0.505 e. The summed E-state index contributed by atoms with van der Waals surface area (Å²) in [7, 11) is 1.37. The predicted octanol–water partition coefficient (Wildman–Crippen LogP) is 2.79. The standard InChI is InChI=1S/C13H10F3N3O2/c1-7-6-19(18-12(7)21-2)10-4-8(5-17)3-9(11(10)20)13(14,15)16/h3-4,6,20H,1-2H3. The molecule has 0 saturated carbocycles. The van der Waals surface area contributed by atoms with Gasteiger partial charge in [0, 0.05) is 11.8 Å². The normalized spacial score (nSPS) is 11.2. The third kappa shape index (κ3) is 2.63. The third-order valence-electron chi connectivity index (χ3n) is 2.82. The summed E-state index contributed by atoms with van der Waals surface area (Å²) in [5.41, 5.74) is -1.19. The van der Waals surface area contributed by atoms with Crippen LogP contribution in [0.25, 0.3) is 5.69 Å². The number of alkyl halides is 3. The molecule has 0 spiro atoms. The number of ether oxygens (including phenoxy) is 1. The van der Waals surface area contributed by atoms with Crippen molar-refractivity contribution in [3.05, 3.63) is 35.0 Å². The van der Waals surface area contributed by atoms with Crippen molar-refractivity contribution in [2.24, 2.45) is 0 Å². The number of hydrogen-bond acceptors (Lipinski definition) is 4. The number of aromatic hydroxyl groups is 1. The van der Waals surface area contributed by atoms with E-state index in [-0.39, 0.29) is 17.1 Å². The van der Waals surface area contributed by atoms with E-state index < -0.39 is 17.5 Å². The molecule has 0 amide bonds. The van der Waals surface area contributed by atoms with Crippen LogP contribution in [-0.2, 0) is 6.18 Å². The van der Waals surface area contributed by atoms with Crippen LogP contribution in [0.1, 0.15) is 16.7 Å². The highest BCUT2D eigenvalue weighted by Crippen LogP contribution is 2.39. The number of hydrogen-bond donors (Lipinski definition) is 1. The molecule has 0 fully saturated rings. The van der Waals surface area contributed by atoms with Crippen LogP contribution >= 0.6 is 0 Å². The monoisotopic (exact) mass is 297 g/mol. The minimum Gasteiger partial charge on any atom is -0.505 e. The zero-order valence-corrected chi connectivity index (χ0v) is 11.1. The maximum atomic E-state index is 12.9. The number of methoxy groups -OCH3 is 1. The number of benzene rings is 1. The second-order valence-corrected chi connectivity index (χ2v) is 4.27. The van der Waals surface area contributed by atoms with Gasteiger partial charge in [0.05, 0.1) is 18.7 Å². The van der Waals surface area contributed by atoms with Crippen LogP contribution in [0.2, 0.25) is 0 Å². The van der Waals surface area contributed by atoms with Crippen molar-refractivity contribution in [1.29, 1.82) is 5.26 Å². The second kappa shape index (κ2) is 5.01. The number of nitriles is 1. The molecule has 0 aliphatic carbocycles. The minimum absolute atomic E-state index is 0.213. The molecule has 0 bridgehead atoms. The fourth-order valence-electron chi connectivity index (χ4n) is 1.84. The Labute approximate surface area is 117 Å². The van der Waals surface area contributed by atoms with E-state index in [4.69, 9.17) is 10.00 Å². The maximum Gasteiger partial charge on any atom is 0.420 e. The minimum atomic E-state index is -4.78. The zero-order valence-electron chi connectivity index (χ0n) is 11.1. The van der Waals surface area contributed by atoms with E-state index in [1.54, 1.807) is 13.0 Å². The number of aromatic nitrogens is 2. The molecule has 1 heterocycles. The Morgan fingerprint density at radius 1 is 1.38 bits per heavy atom. The first-order chi connectivity index (χ1) is 9.77. The fourth-order valence-corrected chi connectivity index (χ4v) is 1.84. The number of nitrogens with zero attached hydrogens (tertiary/aromatic N) is 3.